The second-order valence-electron chi connectivity index (χ2n) is 3.25. The highest BCUT2D eigenvalue weighted by atomic mass is 79.9. The molecule has 0 bridgehead atoms. The van der Waals surface area contributed by atoms with Gasteiger partial charge in [0, 0.05) is 22.8 Å². The zero-order chi connectivity index (χ0) is 12.4. The lowest BCUT2D eigenvalue weighted by Crippen LogP contribution is -1.94. The maximum atomic E-state index is 13.2. The molecule has 0 atom stereocenters. The number of nitrogens with zero attached hydrogens (tertiary/aromatic N) is 1. The van der Waals surface area contributed by atoms with E-state index in [0.29, 0.717) is 16.0 Å². The van der Waals surface area contributed by atoms with Gasteiger partial charge in [-0.3, -0.25) is 4.98 Å². The second kappa shape index (κ2) is 5.01. The number of pyridine rings is 1. The molecule has 1 aromatic heterocycles. The van der Waals surface area contributed by atoms with Gasteiger partial charge < -0.3 is 10.5 Å². The fourth-order valence-corrected chi connectivity index (χ4v) is 1.87. The van der Waals surface area contributed by atoms with Gasteiger partial charge in [0.15, 0.2) is 5.75 Å². The highest BCUT2D eigenvalue weighted by Crippen LogP contribution is 2.32. The van der Waals surface area contributed by atoms with Crippen molar-refractivity contribution in [3.8, 4) is 11.5 Å². The lowest BCUT2D eigenvalue weighted by molar-refractivity contribution is 0.479. The minimum absolute atomic E-state index is 0.227. The third kappa shape index (κ3) is 2.95. The average Bonchev–Trinajstić information content (AvgIpc) is 2.26. The van der Waals surface area contributed by atoms with E-state index in [0.717, 1.165) is 4.47 Å². The van der Waals surface area contributed by atoms with Crippen molar-refractivity contribution < 1.29 is 9.13 Å². The van der Waals surface area contributed by atoms with Gasteiger partial charge in [0.25, 0.3) is 0 Å². The van der Waals surface area contributed by atoms with Gasteiger partial charge in [-0.15, -0.1) is 0 Å². The van der Waals surface area contributed by atoms with E-state index in [-0.39, 0.29) is 5.69 Å². The summed E-state index contributed by atoms with van der Waals surface area (Å²) in [5.41, 5.74) is 5.89. The molecule has 0 saturated carbocycles. The fraction of sp³-hybridized carbons (Fsp3) is 0. The first-order chi connectivity index (χ1) is 8.06. The Morgan fingerprint density at radius 3 is 2.65 bits per heavy atom. The van der Waals surface area contributed by atoms with Crippen LogP contribution in [0.1, 0.15) is 0 Å². The summed E-state index contributed by atoms with van der Waals surface area (Å²) in [4.78, 5) is 3.95. The Morgan fingerprint density at radius 2 is 1.94 bits per heavy atom. The number of anilines is 1. The molecule has 1 aromatic carbocycles. The lowest BCUT2D eigenvalue weighted by atomic mass is 10.3. The van der Waals surface area contributed by atoms with Gasteiger partial charge in [-0.1, -0.05) is 0 Å². The minimum Gasteiger partial charge on any atom is -0.453 e. The van der Waals surface area contributed by atoms with E-state index in [1.807, 2.05) is 0 Å². The molecule has 2 N–H and O–H groups in total. The predicted octanol–water partition coefficient (Wildman–Crippen LogP) is 4.12. The Morgan fingerprint density at radius 1 is 1.18 bits per heavy atom. The topological polar surface area (TPSA) is 48.1 Å². The van der Waals surface area contributed by atoms with Gasteiger partial charge >= 0.3 is 0 Å². The van der Waals surface area contributed by atoms with Gasteiger partial charge in [-0.25, -0.2) is 4.39 Å². The summed E-state index contributed by atoms with van der Waals surface area (Å²) in [5, 5.41) is 0. The quantitative estimate of drug-likeness (QED) is 0.818. The van der Waals surface area contributed by atoms with Crippen LogP contribution in [0.3, 0.4) is 0 Å². The molecule has 0 saturated heterocycles. The van der Waals surface area contributed by atoms with Crippen LogP contribution in [0.4, 0.5) is 10.1 Å². The number of nitrogens with two attached hydrogens (primary N) is 1. The minimum atomic E-state index is -0.429. The molecule has 88 valence electrons. The van der Waals surface area contributed by atoms with Gasteiger partial charge in [-0.05, 0) is 37.9 Å². The molecule has 2 rings (SSSR count). The van der Waals surface area contributed by atoms with Crippen LogP contribution < -0.4 is 10.5 Å². The van der Waals surface area contributed by atoms with Crippen LogP contribution in [0.25, 0.3) is 0 Å². The molecule has 0 spiro atoms. The fourth-order valence-electron chi connectivity index (χ4n) is 1.21. The van der Waals surface area contributed by atoms with Gasteiger partial charge in [0.05, 0.1) is 16.4 Å². The summed E-state index contributed by atoms with van der Waals surface area (Å²) in [6.45, 7) is 0. The molecule has 0 aliphatic heterocycles. The van der Waals surface area contributed by atoms with Gasteiger partial charge in [0.2, 0.25) is 0 Å². The number of hydrogen-bond acceptors (Lipinski definition) is 3. The summed E-state index contributed by atoms with van der Waals surface area (Å²) in [6, 6.07) is 4.42. The lowest BCUT2D eigenvalue weighted by Gasteiger charge is -2.09. The van der Waals surface area contributed by atoms with Crippen LogP contribution in [-0.4, -0.2) is 4.98 Å². The maximum Gasteiger partial charge on any atom is 0.151 e. The van der Waals surface area contributed by atoms with E-state index in [2.05, 4.69) is 36.8 Å². The van der Waals surface area contributed by atoms with Crippen molar-refractivity contribution in [2.75, 3.05) is 5.73 Å². The summed E-state index contributed by atoms with van der Waals surface area (Å²) in [7, 11) is 0. The first kappa shape index (κ1) is 12.3. The number of benzene rings is 1. The van der Waals surface area contributed by atoms with Crippen LogP contribution >= 0.6 is 31.9 Å². The SMILES string of the molecule is Nc1cc(F)c(Br)cc1Oc1cncc(Br)c1. The molecular formula is C11H7Br2FN2O. The first-order valence-electron chi connectivity index (χ1n) is 4.59. The first-order valence-corrected chi connectivity index (χ1v) is 6.18. The second-order valence-corrected chi connectivity index (χ2v) is 5.02. The molecular weight excluding hydrogens is 355 g/mol. The molecule has 0 fully saturated rings. The third-order valence-corrected chi connectivity index (χ3v) is 3.00. The number of rotatable bonds is 2. The Bertz CT molecular complexity index is 563. The van der Waals surface area contributed by atoms with Crippen LogP contribution in [0, 0.1) is 5.82 Å². The Kier molecular flexibility index (Phi) is 3.63. The summed E-state index contributed by atoms with van der Waals surface area (Å²) >= 11 is 6.35. The van der Waals surface area contributed by atoms with Crippen molar-refractivity contribution in [2.45, 2.75) is 0 Å². The zero-order valence-corrected chi connectivity index (χ0v) is 11.6. The average molecular weight is 362 g/mol. The third-order valence-electron chi connectivity index (χ3n) is 1.96. The highest BCUT2D eigenvalue weighted by Gasteiger charge is 2.08. The number of hydrogen-bond donors (Lipinski definition) is 1. The predicted molar refractivity (Wildman–Crippen MR) is 70.5 cm³/mol. The molecule has 2 aromatic rings. The van der Waals surface area contributed by atoms with Crippen molar-refractivity contribution in [1.29, 1.82) is 0 Å². The highest BCUT2D eigenvalue weighted by molar-refractivity contribution is 9.10. The van der Waals surface area contributed by atoms with Gasteiger partial charge in [0.1, 0.15) is 11.6 Å². The number of halogens is 3. The molecule has 0 radical (unpaired) electrons. The smallest absolute Gasteiger partial charge is 0.151 e. The number of nitrogen functional groups attached to an aromatic ring is 1. The largest absolute Gasteiger partial charge is 0.453 e. The van der Waals surface area contributed by atoms with Crippen molar-refractivity contribution >= 4 is 37.5 Å². The van der Waals surface area contributed by atoms with E-state index in [1.165, 1.54) is 12.1 Å². The van der Waals surface area contributed by atoms with Crippen LogP contribution in [0.2, 0.25) is 0 Å². The summed E-state index contributed by atoms with van der Waals surface area (Å²) in [6.07, 6.45) is 3.18. The monoisotopic (exact) mass is 360 g/mol. The Labute approximate surface area is 114 Å². The number of ether oxygens (including phenoxy) is 1. The van der Waals surface area contributed by atoms with E-state index in [4.69, 9.17) is 10.5 Å². The molecule has 1 heterocycles. The van der Waals surface area contributed by atoms with E-state index in [1.54, 1.807) is 18.5 Å². The summed E-state index contributed by atoms with van der Waals surface area (Å²) in [5.74, 6) is 0.463. The van der Waals surface area contributed by atoms with Crippen molar-refractivity contribution in [2.24, 2.45) is 0 Å². The Balaban J connectivity index is 2.33. The van der Waals surface area contributed by atoms with E-state index in [9.17, 15) is 4.39 Å². The van der Waals surface area contributed by atoms with Gasteiger partial charge in [-0.2, -0.15) is 0 Å². The molecule has 0 unspecified atom stereocenters. The molecule has 0 aliphatic carbocycles. The van der Waals surface area contributed by atoms with Crippen LogP contribution in [0.5, 0.6) is 11.5 Å². The number of aromatic nitrogens is 1. The molecule has 0 aliphatic rings. The Hall–Kier alpha value is -1.14. The van der Waals surface area contributed by atoms with Crippen LogP contribution in [-0.2, 0) is 0 Å². The normalized spacial score (nSPS) is 10.3. The van der Waals surface area contributed by atoms with E-state index < -0.39 is 5.82 Å². The van der Waals surface area contributed by atoms with E-state index >= 15 is 0 Å². The van der Waals surface area contributed by atoms with Crippen molar-refractivity contribution in [1.82, 2.24) is 4.98 Å². The molecule has 0 amide bonds. The standard InChI is InChI=1S/C11H7Br2FN2O/c12-6-1-7(5-16-4-6)17-11-2-8(13)9(14)3-10(11)15/h1-5H,15H2. The van der Waals surface area contributed by atoms with Crippen molar-refractivity contribution in [3.63, 3.8) is 0 Å². The molecule has 17 heavy (non-hydrogen) atoms. The molecule has 6 heteroatoms. The van der Waals surface area contributed by atoms with Crippen molar-refractivity contribution in [3.05, 3.63) is 45.4 Å². The molecule has 3 nitrogen and oxygen atoms in total. The maximum absolute atomic E-state index is 13.2. The zero-order valence-electron chi connectivity index (χ0n) is 8.45. The summed E-state index contributed by atoms with van der Waals surface area (Å²) < 4.78 is 19.8. The van der Waals surface area contributed by atoms with Crippen LogP contribution in [0.15, 0.2) is 39.5 Å².